The topological polar surface area (TPSA) is 49.8 Å². The van der Waals surface area contributed by atoms with Crippen molar-refractivity contribution in [3.8, 4) is 0 Å². The first-order valence-electron chi connectivity index (χ1n) is 5.99. The van der Waals surface area contributed by atoms with Gasteiger partial charge in [0.25, 0.3) is 0 Å². The summed E-state index contributed by atoms with van der Waals surface area (Å²) in [6, 6.07) is 0. The summed E-state index contributed by atoms with van der Waals surface area (Å²) < 4.78 is 5.29. The smallest absolute Gasteiger partial charge is 0.410 e. The molecule has 0 aromatic heterocycles. The molecular formula is C12H23NO3. The van der Waals surface area contributed by atoms with Crippen LogP contribution in [-0.2, 0) is 4.74 Å². The van der Waals surface area contributed by atoms with Gasteiger partial charge in [0.15, 0.2) is 0 Å². The molecule has 16 heavy (non-hydrogen) atoms. The molecule has 1 fully saturated rings. The normalized spacial score (nSPS) is 23.3. The lowest BCUT2D eigenvalue weighted by Gasteiger charge is -2.24. The zero-order valence-electron chi connectivity index (χ0n) is 10.7. The fourth-order valence-corrected chi connectivity index (χ4v) is 1.93. The van der Waals surface area contributed by atoms with Gasteiger partial charge in [0, 0.05) is 19.0 Å². The highest BCUT2D eigenvalue weighted by atomic mass is 16.6. The van der Waals surface area contributed by atoms with E-state index < -0.39 is 5.60 Å². The minimum Gasteiger partial charge on any atom is -0.444 e. The third-order valence-electron chi connectivity index (χ3n) is 2.84. The van der Waals surface area contributed by atoms with Crippen LogP contribution in [0.5, 0.6) is 0 Å². The van der Waals surface area contributed by atoms with Crippen LogP contribution in [0.2, 0.25) is 0 Å². The van der Waals surface area contributed by atoms with Crippen LogP contribution in [-0.4, -0.2) is 40.9 Å². The predicted octanol–water partition coefficient (Wildman–Crippen LogP) is 2.01. The number of hydrogen-bond donors (Lipinski definition) is 1. The van der Waals surface area contributed by atoms with Gasteiger partial charge in [0.2, 0.25) is 0 Å². The first-order chi connectivity index (χ1) is 7.33. The summed E-state index contributed by atoms with van der Waals surface area (Å²) in [5.41, 5.74) is -0.446. The van der Waals surface area contributed by atoms with E-state index in [0.29, 0.717) is 13.1 Å². The molecule has 1 amide bonds. The SMILES string of the molecule is CC[C@H](O)[C@H]1CCN(C(=O)OC(C)(C)C)C1. The number of likely N-dealkylation sites (tertiary alicyclic amines) is 1. The van der Waals surface area contributed by atoms with Crippen molar-refractivity contribution in [2.45, 2.75) is 52.2 Å². The summed E-state index contributed by atoms with van der Waals surface area (Å²) in [7, 11) is 0. The highest BCUT2D eigenvalue weighted by Crippen LogP contribution is 2.23. The Morgan fingerprint density at radius 1 is 1.56 bits per heavy atom. The Morgan fingerprint density at radius 2 is 2.19 bits per heavy atom. The molecule has 1 N–H and O–H groups in total. The quantitative estimate of drug-likeness (QED) is 0.788. The van der Waals surface area contributed by atoms with Gasteiger partial charge in [-0.05, 0) is 33.6 Å². The molecule has 0 aromatic carbocycles. The maximum absolute atomic E-state index is 11.7. The van der Waals surface area contributed by atoms with E-state index >= 15 is 0 Å². The average molecular weight is 229 g/mol. The molecule has 0 spiro atoms. The Kier molecular flexibility index (Phi) is 4.19. The average Bonchev–Trinajstić information content (AvgIpc) is 2.62. The highest BCUT2D eigenvalue weighted by Gasteiger charge is 2.32. The summed E-state index contributed by atoms with van der Waals surface area (Å²) >= 11 is 0. The van der Waals surface area contributed by atoms with Crippen LogP contribution in [0.4, 0.5) is 4.79 Å². The number of hydrogen-bond acceptors (Lipinski definition) is 3. The van der Waals surface area contributed by atoms with Gasteiger partial charge in [-0.3, -0.25) is 0 Å². The summed E-state index contributed by atoms with van der Waals surface area (Å²) in [6.45, 7) is 8.85. The van der Waals surface area contributed by atoms with Crippen molar-refractivity contribution in [3.63, 3.8) is 0 Å². The zero-order valence-corrected chi connectivity index (χ0v) is 10.7. The lowest BCUT2D eigenvalue weighted by atomic mass is 10.00. The summed E-state index contributed by atoms with van der Waals surface area (Å²) in [5.74, 6) is 0.206. The van der Waals surface area contributed by atoms with Gasteiger partial charge >= 0.3 is 6.09 Å². The molecule has 1 rings (SSSR count). The molecule has 4 heteroatoms. The largest absolute Gasteiger partial charge is 0.444 e. The van der Waals surface area contributed by atoms with Crippen molar-refractivity contribution in [3.05, 3.63) is 0 Å². The van der Waals surface area contributed by atoms with Gasteiger partial charge in [-0.2, -0.15) is 0 Å². The Morgan fingerprint density at radius 3 is 2.69 bits per heavy atom. The van der Waals surface area contributed by atoms with Gasteiger partial charge < -0.3 is 14.7 Å². The van der Waals surface area contributed by atoms with Crippen LogP contribution >= 0.6 is 0 Å². The third kappa shape index (κ3) is 3.67. The predicted molar refractivity (Wildman–Crippen MR) is 62.2 cm³/mol. The molecule has 0 saturated carbocycles. The van der Waals surface area contributed by atoms with Crippen LogP contribution in [0, 0.1) is 5.92 Å². The minimum atomic E-state index is -0.446. The van der Waals surface area contributed by atoms with Gasteiger partial charge in [-0.1, -0.05) is 6.92 Å². The summed E-state index contributed by atoms with van der Waals surface area (Å²) in [6.07, 6.45) is 1.05. The highest BCUT2D eigenvalue weighted by molar-refractivity contribution is 5.68. The second-order valence-electron chi connectivity index (χ2n) is 5.45. The number of nitrogens with zero attached hydrogens (tertiary/aromatic N) is 1. The van der Waals surface area contributed by atoms with Crippen molar-refractivity contribution >= 4 is 6.09 Å². The molecule has 1 aliphatic heterocycles. The van der Waals surface area contributed by atoms with Gasteiger partial charge in [0.1, 0.15) is 5.60 Å². The first-order valence-corrected chi connectivity index (χ1v) is 5.99. The van der Waals surface area contributed by atoms with E-state index in [9.17, 15) is 9.90 Å². The van der Waals surface area contributed by atoms with E-state index in [2.05, 4.69) is 0 Å². The third-order valence-corrected chi connectivity index (χ3v) is 2.84. The van der Waals surface area contributed by atoms with E-state index in [1.165, 1.54) is 0 Å². The molecule has 1 aliphatic rings. The van der Waals surface area contributed by atoms with E-state index in [1.54, 1.807) is 4.90 Å². The maximum atomic E-state index is 11.7. The van der Waals surface area contributed by atoms with Gasteiger partial charge in [-0.25, -0.2) is 4.79 Å². The molecule has 1 saturated heterocycles. The number of rotatable bonds is 2. The molecule has 1 heterocycles. The lowest BCUT2D eigenvalue weighted by Crippen LogP contribution is -2.36. The molecule has 0 aromatic rings. The zero-order chi connectivity index (χ0) is 12.3. The van der Waals surface area contributed by atoms with Crippen molar-refractivity contribution in [2.24, 2.45) is 5.92 Å². The Labute approximate surface area is 97.6 Å². The van der Waals surface area contributed by atoms with E-state index in [4.69, 9.17) is 4.74 Å². The molecule has 0 aliphatic carbocycles. The second kappa shape index (κ2) is 5.04. The number of ether oxygens (including phenoxy) is 1. The van der Waals surface area contributed by atoms with Crippen LogP contribution < -0.4 is 0 Å². The number of amides is 1. The van der Waals surface area contributed by atoms with Crippen LogP contribution in [0.15, 0.2) is 0 Å². The standard InChI is InChI=1S/C12H23NO3/c1-5-10(14)9-6-7-13(8-9)11(15)16-12(2,3)4/h9-10,14H,5-8H2,1-4H3/t9-,10-/m0/s1. The Bertz CT molecular complexity index is 247. The van der Waals surface area contributed by atoms with Gasteiger partial charge in [-0.15, -0.1) is 0 Å². The van der Waals surface area contributed by atoms with Crippen LogP contribution in [0.3, 0.4) is 0 Å². The molecular weight excluding hydrogens is 206 g/mol. The minimum absolute atomic E-state index is 0.206. The number of aliphatic hydroxyl groups is 1. The lowest BCUT2D eigenvalue weighted by molar-refractivity contribution is 0.0268. The summed E-state index contributed by atoms with van der Waals surface area (Å²) in [4.78, 5) is 13.4. The van der Waals surface area contributed by atoms with Crippen LogP contribution in [0.1, 0.15) is 40.5 Å². The Hall–Kier alpha value is -0.770. The molecule has 0 radical (unpaired) electrons. The second-order valence-corrected chi connectivity index (χ2v) is 5.45. The summed E-state index contributed by atoms with van der Waals surface area (Å²) in [5, 5.41) is 9.71. The van der Waals surface area contributed by atoms with E-state index in [0.717, 1.165) is 12.8 Å². The van der Waals surface area contributed by atoms with Crippen molar-refractivity contribution in [2.75, 3.05) is 13.1 Å². The molecule has 0 unspecified atom stereocenters. The fourth-order valence-electron chi connectivity index (χ4n) is 1.93. The molecule has 94 valence electrons. The monoisotopic (exact) mass is 229 g/mol. The van der Waals surface area contributed by atoms with Crippen molar-refractivity contribution in [1.82, 2.24) is 4.90 Å². The maximum Gasteiger partial charge on any atom is 0.410 e. The number of aliphatic hydroxyl groups excluding tert-OH is 1. The first kappa shape index (κ1) is 13.3. The molecule has 4 nitrogen and oxygen atoms in total. The Balaban J connectivity index is 2.44. The van der Waals surface area contributed by atoms with Gasteiger partial charge in [0.05, 0.1) is 6.10 Å². The number of carbonyl (C=O) groups excluding carboxylic acids is 1. The van der Waals surface area contributed by atoms with Crippen LogP contribution in [0.25, 0.3) is 0 Å². The van der Waals surface area contributed by atoms with Crippen molar-refractivity contribution < 1.29 is 14.6 Å². The van der Waals surface area contributed by atoms with Crippen molar-refractivity contribution in [1.29, 1.82) is 0 Å². The molecule has 2 atom stereocenters. The molecule has 0 bridgehead atoms. The van der Waals surface area contributed by atoms with E-state index in [-0.39, 0.29) is 18.1 Å². The van der Waals surface area contributed by atoms with E-state index in [1.807, 2.05) is 27.7 Å². The number of carbonyl (C=O) groups is 1. The fraction of sp³-hybridized carbons (Fsp3) is 0.917.